The molecule has 13 heavy (non-hydrogen) atoms. The van der Waals surface area contributed by atoms with Crippen molar-refractivity contribution < 1.29 is 13.2 Å². The molecule has 6 heteroatoms. The Bertz CT molecular complexity index is 311. The van der Waals surface area contributed by atoms with Crippen LogP contribution >= 0.6 is 31.9 Å². The van der Waals surface area contributed by atoms with Gasteiger partial charge in [-0.15, -0.1) is 0 Å². The van der Waals surface area contributed by atoms with Crippen molar-refractivity contribution in [2.75, 3.05) is 0 Å². The maximum Gasteiger partial charge on any atom is 0.433 e. The number of hydrogen-bond donors (Lipinski definition) is 0. The van der Waals surface area contributed by atoms with E-state index < -0.39 is 11.9 Å². The third-order valence-electron chi connectivity index (χ3n) is 1.37. The van der Waals surface area contributed by atoms with Crippen molar-refractivity contribution >= 4 is 31.9 Å². The smallest absolute Gasteiger partial charge is 0.251 e. The molecule has 1 aromatic rings. The summed E-state index contributed by atoms with van der Waals surface area (Å²) < 4.78 is 37.0. The Morgan fingerprint density at radius 1 is 1.38 bits per heavy atom. The minimum absolute atomic E-state index is 0.360. The summed E-state index contributed by atoms with van der Waals surface area (Å²) in [6.07, 6.45) is -3.23. The summed E-state index contributed by atoms with van der Waals surface area (Å²) >= 11 is 6.18. The zero-order valence-corrected chi connectivity index (χ0v) is 9.37. The van der Waals surface area contributed by atoms with Gasteiger partial charge in [-0.25, -0.2) is 0 Å². The van der Waals surface area contributed by atoms with Crippen LogP contribution in [0.5, 0.6) is 0 Å². The van der Waals surface area contributed by atoms with E-state index in [2.05, 4.69) is 36.8 Å². The first-order valence-corrected chi connectivity index (χ1v) is 5.14. The average Bonchev–Trinajstić information content (AvgIpc) is 2.03. The minimum Gasteiger partial charge on any atom is -0.251 e. The molecule has 1 heterocycles. The van der Waals surface area contributed by atoms with Gasteiger partial charge in [0.2, 0.25) is 0 Å². The van der Waals surface area contributed by atoms with E-state index in [1.807, 2.05) is 0 Å². The SMILES string of the molecule is FC(F)(F)c1cc(CBr)c(Br)cn1. The third-order valence-corrected chi connectivity index (χ3v) is 2.69. The molecule has 0 bridgehead atoms. The average molecular weight is 319 g/mol. The first-order valence-electron chi connectivity index (χ1n) is 3.22. The van der Waals surface area contributed by atoms with E-state index >= 15 is 0 Å². The van der Waals surface area contributed by atoms with Gasteiger partial charge in [0.25, 0.3) is 0 Å². The molecule has 0 N–H and O–H groups in total. The lowest BCUT2D eigenvalue weighted by molar-refractivity contribution is -0.141. The molecular weight excluding hydrogens is 315 g/mol. The molecule has 0 fully saturated rings. The van der Waals surface area contributed by atoms with Crippen LogP contribution in [0.2, 0.25) is 0 Å². The van der Waals surface area contributed by atoms with E-state index in [9.17, 15) is 13.2 Å². The zero-order chi connectivity index (χ0) is 10.1. The Morgan fingerprint density at radius 3 is 2.46 bits per heavy atom. The molecule has 0 spiro atoms. The second-order valence-corrected chi connectivity index (χ2v) is 3.71. The highest BCUT2D eigenvalue weighted by atomic mass is 79.9. The fraction of sp³-hybridized carbons (Fsp3) is 0.286. The summed E-state index contributed by atoms with van der Waals surface area (Å²) in [7, 11) is 0. The van der Waals surface area contributed by atoms with Gasteiger partial charge < -0.3 is 0 Å². The Labute approximate surface area is 89.6 Å². The standard InChI is InChI=1S/C7H4Br2F3N/c8-2-4-1-6(7(10,11)12)13-3-5(4)9/h1,3H,2H2. The maximum absolute atomic E-state index is 12.1. The van der Waals surface area contributed by atoms with Gasteiger partial charge in [0.15, 0.2) is 0 Å². The van der Waals surface area contributed by atoms with Crippen LogP contribution in [0.4, 0.5) is 13.2 Å². The largest absolute Gasteiger partial charge is 0.433 e. The fourth-order valence-electron chi connectivity index (χ4n) is 0.738. The van der Waals surface area contributed by atoms with E-state index in [0.29, 0.717) is 15.4 Å². The van der Waals surface area contributed by atoms with Gasteiger partial charge in [0.1, 0.15) is 5.69 Å². The predicted molar refractivity (Wildman–Crippen MR) is 49.6 cm³/mol. The van der Waals surface area contributed by atoms with Crippen molar-refractivity contribution in [2.45, 2.75) is 11.5 Å². The Hall–Kier alpha value is -0.100. The van der Waals surface area contributed by atoms with Crippen LogP contribution in [0.25, 0.3) is 0 Å². The lowest BCUT2D eigenvalue weighted by Gasteiger charge is -2.07. The van der Waals surface area contributed by atoms with Crippen LogP contribution < -0.4 is 0 Å². The number of hydrogen-bond acceptors (Lipinski definition) is 1. The summed E-state index contributed by atoms with van der Waals surface area (Å²) in [6, 6.07) is 1.01. The van der Waals surface area contributed by atoms with Gasteiger partial charge in [0, 0.05) is 16.0 Å². The molecule has 0 aliphatic heterocycles. The quantitative estimate of drug-likeness (QED) is 0.719. The zero-order valence-electron chi connectivity index (χ0n) is 6.20. The van der Waals surface area contributed by atoms with Crippen LogP contribution in [0, 0.1) is 0 Å². The van der Waals surface area contributed by atoms with Gasteiger partial charge in [-0.05, 0) is 27.6 Å². The number of alkyl halides is 4. The number of nitrogens with zero attached hydrogens (tertiary/aromatic N) is 1. The number of aromatic nitrogens is 1. The second-order valence-electron chi connectivity index (χ2n) is 2.29. The van der Waals surface area contributed by atoms with Crippen LogP contribution in [-0.4, -0.2) is 4.98 Å². The Morgan fingerprint density at radius 2 is 2.00 bits per heavy atom. The molecule has 1 rings (SSSR count). The van der Waals surface area contributed by atoms with Gasteiger partial charge in [-0.2, -0.15) is 13.2 Å². The van der Waals surface area contributed by atoms with E-state index in [1.54, 1.807) is 0 Å². The fourth-order valence-corrected chi connectivity index (χ4v) is 1.93. The molecule has 0 aliphatic rings. The summed E-state index contributed by atoms with van der Waals surface area (Å²) in [5, 5.41) is 0.360. The van der Waals surface area contributed by atoms with E-state index in [-0.39, 0.29) is 0 Å². The van der Waals surface area contributed by atoms with Crippen molar-refractivity contribution in [2.24, 2.45) is 0 Å². The maximum atomic E-state index is 12.1. The summed E-state index contributed by atoms with van der Waals surface area (Å²) in [5.41, 5.74) is -0.340. The van der Waals surface area contributed by atoms with Crippen molar-refractivity contribution in [3.63, 3.8) is 0 Å². The van der Waals surface area contributed by atoms with Crippen LogP contribution in [0.3, 0.4) is 0 Å². The molecule has 0 amide bonds. The van der Waals surface area contributed by atoms with Gasteiger partial charge >= 0.3 is 6.18 Å². The molecule has 0 saturated carbocycles. The first-order chi connectivity index (χ1) is 5.95. The molecule has 0 radical (unpaired) electrons. The molecule has 0 saturated heterocycles. The second kappa shape index (κ2) is 3.96. The highest BCUT2D eigenvalue weighted by molar-refractivity contribution is 9.10. The first kappa shape index (κ1) is 11.0. The van der Waals surface area contributed by atoms with Crippen molar-refractivity contribution in [3.8, 4) is 0 Å². The van der Waals surface area contributed by atoms with Crippen LogP contribution in [0.1, 0.15) is 11.3 Å². The van der Waals surface area contributed by atoms with Crippen molar-refractivity contribution in [1.82, 2.24) is 4.98 Å². The van der Waals surface area contributed by atoms with Gasteiger partial charge in [-0.1, -0.05) is 15.9 Å². The monoisotopic (exact) mass is 317 g/mol. The van der Waals surface area contributed by atoms with Crippen LogP contribution in [-0.2, 0) is 11.5 Å². The molecule has 1 nitrogen and oxygen atoms in total. The summed E-state index contributed by atoms with van der Waals surface area (Å²) in [5.74, 6) is 0. The van der Waals surface area contributed by atoms with Gasteiger partial charge in [-0.3, -0.25) is 4.98 Å². The number of rotatable bonds is 1. The van der Waals surface area contributed by atoms with Gasteiger partial charge in [0.05, 0.1) is 0 Å². The number of halogens is 5. The lowest BCUT2D eigenvalue weighted by atomic mass is 10.2. The Kier molecular flexibility index (Phi) is 3.34. The minimum atomic E-state index is -4.38. The summed E-state index contributed by atoms with van der Waals surface area (Å²) in [6.45, 7) is 0. The van der Waals surface area contributed by atoms with E-state index in [4.69, 9.17) is 0 Å². The molecule has 1 aromatic heterocycles. The molecule has 0 unspecified atom stereocenters. The molecule has 0 aromatic carbocycles. The van der Waals surface area contributed by atoms with Crippen molar-refractivity contribution in [1.29, 1.82) is 0 Å². The highest BCUT2D eigenvalue weighted by Gasteiger charge is 2.32. The Balaban J connectivity index is 3.14. The molecule has 0 aliphatic carbocycles. The molecular formula is C7H4Br2F3N. The topological polar surface area (TPSA) is 12.9 Å². The normalized spacial score (nSPS) is 11.8. The predicted octanol–water partition coefficient (Wildman–Crippen LogP) is 3.76. The number of pyridine rings is 1. The highest BCUT2D eigenvalue weighted by Crippen LogP contribution is 2.30. The van der Waals surface area contributed by atoms with E-state index in [1.165, 1.54) is 0 Å². The van der Waals surface area contributed by atoms with Crippen molar-refractivity contribution in [3.05, 3.63) is 28.0 Å². The molecule has 0 atom stereocenters. The lowest BCUT2D eigenvalue weighted by Crippen LogP contribution is -2.08. The molecule has 72 valence electrons. The third kappa shape index (κ3) is 2.67. The van der Waals surface area contributed by atoms with Crippen LogP contribution in [0.15, 0.2) is 16.7 Å². The van der Waals surface area contributed by atoms with E-state index in [0.717, 1.165) is 12.3 Å². The summed E-state index contributed by atoms with van der Waals surface area (Å²) in [4.78, 5) is 3.27.